The number of benzene rings is 2. The zero-order valence-electron chi connectivity index (χ0n) is 14.6. The summed E-state index contributed by atoms with van der Waals surface area (Å²) in [6.07, 6.45) is 0.568. The fourth-order valence-electron chi connectivity index (χ4n) is 3.28. The molecule has 8 nitrogen and oxygen atoms in total. The van der Waals surface area contributed by atoms with Gasteiger partial charge in [0.25, 0.3) is 0 Å². The van der Waals surface area contributed by atoms with E-state index in [1.165, 1.54) is 6.08 Å². The molecule has 8 heteroatoms. The largest absolute Gasteiger partial charge is 0.507 e. The van der Waals surface area contributed by atoms with Crippen molar-refractivity contribution in [2.75, 3.05) is 11.5 Å². The van der Waals surface area contributed by atoms with Crippen LogP contribution in [0.1, 0.15) is 18.2 Å². The smallest absolute Gasteiger partial charge is 0.227 e. The molecule has 0 aliphatic heterocycles. The molecule has 2 aromatic carbocycles. The minimum atomic E-state index is -0.948. The summed E-state index contributed by atoms with van der Waals surface area (Å²) >= 11 is 0. The maximum Gasteiger partial charge on any atom is 0.227 e. The molecule has 2 aromatic heterocycles. The number of nitrogens with zero attached hydrogens (tertiary/aromatic N) is 2. The first-order valence-electron chi connectivity index (χ1n) is 8.62. The molecule has 28 heavy (non-hydrogen) atoms. The molecule has 2 heterocycles. The molecule has 1 unspecified atom stereocenters. The molecule has 4 aromatic rings. The van der Waals surface area contributed by atoms with Crippen LogP contribution in [0.4, 0.5) is 11.4 Å². The van der Waals surface area contributed by atoms with Crippen LogP contribution in [0.25, 0.3) is 33.3 Å². The maximum absolute atomic E-state index is 10.6. The lowest BCUT2D eigenvalue weighted by Crippen LogP contribution is -2.15. The third kappa shape index (κ3) is 2.58. The average Bonchev–Trinajstić information content (AvgIpc) is 3.26. The van der Waals surface area contributed by atoms with Gasteiger partial charge in [-0.05, 0) is 42.5 Å². The van der Waals surface area contributed by atoms with E-state index < -0.39 is 6.10 Å². The van der Waals surface area contributed by atoms with Gasteiger partial charge in [-0.2, -0.15) is 0 Å². The highest BCUT2D eigenvalue weighted by molar-refractivity contribution is 5.84. The number of hydrogen-bond donors (Lipinski definition) is 4. The highest BCUT2D eigenvalue weighted by Crippen LogP contribution is 2.36. The molecule has 1 aliphatic rings. The van der Waals surface area contributed by atoms with Crippen LogP contribution in [0.5, 0.6) is 0 Å². The second-order valence-electron chi connectivity index (χ2n) is 6.68. The quantitative estimate of drug-likeness (QED) is 0.390. The van der Waals surface area contributed by atoms with Crippen molar-refractivity contribution in [1.29, 1.82) is 0 Å². The van der Waals surface area contributed by atoms with Crippen LogP contribution < -0.4 is 11.5 Å². The zero-order chi connectivity index (χ0) is 19.4. The highest BCUT2D eigenvalue weighted by Gasteiger charge is 2.29. The maximum atomic E-state index is 10.6. The van der Waals surface area contributed by atoms with E-state index in [0.717, 1.165) is 0 Å². The van der Waals surface area contributed by atoms with Crippen molar-refractivity contribution in [2.24, 2.45) is 0 Å². The van der Waals surface area contributed by atoms with Crippen LogP contribution in [0.2, 0.25) is 0 Å². The molecule has 1 atom stereocenters. The topological polar surface area (TPSA) is 145 Å². The molecular formula is C20H16N4O4. The van der Waals surface area contributed by atoms with Gasteiger partial charge >= 0.3 is 0 Å². The minimum Gasteiger partial charge on any atom is -0.507 e. The van der Waals surface area contributed by atoms with Crippen LogP contribution in [0.15, 0.2) is 57.1 Å². The summed E-state index contributed by atoms with van der Waals surface area (Å²) in [5, 5.41) is 21.2. The molecule has 0 radical (unpaired) electrons. The number of nitrogen functional groups attached to an aromatic ring is 2. The summed E-state index contributed by atoms with van der Waals surface area (Å²) < 4.78 is 11.4. The van der Waals surface area contributed by atoms with Crippen LogP contribution in [0.3, 0.4) is 0 Å². The van der Waals surface area contributed by atoms with E-state index in [2.05, 4.69) is 9.97 Å². The predicted molar refractivity (Wildman–Crippen MR) is 105 cm³/mol. The van der Waals surface area contributed by atoms with Gasteiger partial charge in [0, 0.05) is 23.4 Å². The molecule has 0 spiro atoms. The van der Waals surface area contributed by atoms with Gasteiger partial charge in [0.1, 0.15) is 16.8 Å². The van der Waals surface area contributed by atoms with Crippen molar-refractivity contribution < 1.29 is 19.0 Å². The Labute approximate surface area is 158 Å². The number of nitrogens with two attached hydrogens (primary N) is 2. The van der Waals surface area contributed by atoms with Crippen molar-refractivity contribution in [3.05, 3.63) is 60.0 Å². The Kier molecular flexibility index (Phi) is 3.43. The Hall–Kier alpha value is -3.78. The predicted octanol–water partition coefficient (Wildman–Crippen LogP) is 3.25. The van der Waals surface area contributed by atoms with Gasteiger partial charge in [-0.3, -0.25) is 0 Å². The molecule has 5 rings (SSSR count). The second-order valence-corrected chi connectivity index (χ2v) is 6.68. The SMILES string of the molecule is Nc1ccc2oc(C3=CC(O)=C(c4nc5cc(N)ccc5o4)CC3O)nc2c1. The number of rotatable bonds is 2. The number of aromatic nitrogens is 2. The Balaban J connectivity index is 1.58. The lowest BCUT2D eigenvalue weighted by atomic mass is 9.94. The van der Waals surface area contributed by atoms with E-state index in [1.54, 1.807) is 36.4 Å². The Morgan fingerprint density at radius 2 is 1.46 bits per heavy atom. The van der Waals surface area contributed by atoms with Crippen LogP contribution >= 0.6 is 0 Å². The number of hydrogen-bond acceptors (Lipinski definition) is 8. The molecule has 6 N–H and O–H groups in total. The summed E-state index contributed by atoms with van der Waals surface area (Å²) in [5.74, 6) is 0.392. The number of aliphatic hydroxyl groups excluding tert-OH is 2. The van der Waals surface area contributed by atoms with Gasteiger partial charge in [-0.15, -0.1) is 0 Å². The van der Waals surface area contributed by atoms with E-state index >= 15 is 0 Å². The zero-order valence-corrected chi connectivity index (χ0v) is 14.6. The van der Waals surface area contributed by atoms with Crippen molar-refractivity contribution >= 4 is 44.7 Å². The van der Waals surface area contributed by atoms with Gasteiger partial charge in [0.05, 0.1) is 11.7 Å². The van der Waals surface area contributed by atoms with Crippen molar-refractivity contribution in [3.63, 3.8) is 0 Å². The lowest BCUT2D eigenvalue weighted by Gasteiger charge is -2.18. The van der Waals surface area contributed by atoms with E-state index in [9.17, 15) is 10.2 Å². The molecule has 0 saturated heterocycles. The van der Waals surface area contributed by atoms with Crippen LogP contribution in [0, 0.1) is 0 Å². The fraction of sp³-hybridized carbons (Fsp3) is 0.100. The first kappa shape index (κ1) is 16.4. The molecular weight excluding hydrogens is 360 g/mol. The summed E-state index contributed by atoms with van der Waals surface area (Å²) in [7, 11) is 0. The molecule has 0 saturated carbocycles. The normalized spacial score (nSPS) is 17.5. The molecule has 0 fully saturated rings. The van der Waals surface area contributed by atoms with E-state index in [4.69, 9.17) is 20.3 Å². The number of aliphatic hydroxyl groups is 2. The molecule has 1 aliphatic carbocycles. The summed E-state index contributed by atoms with van der Waals surface area (Å²) in [5.41, 5.74) is 15.7. The monoisotopic (exact) mass is 376 g/mol. The first-order chi connectivity index (χ1) is 13.5. The number of fused-ring (bicyclic) bond motifs is 2. The minimum absolute atomic E-state index is 0.0680. The third-order valence-electron chi connectivity index (χ3n) is 4.69. The fourth-order valence-corrected chi connectivity index (χ4v) is 3.28. The Morgan fingerprint density at radius 3 is 2.11 bits per heavy atom. The molecule has 0 bridgehead atoms. The van der Waals surface area contributed by atoms with Gasteiger partial charge in [-0.25, -0.2) is 9.97 Å². The summed E-state index contributed by atoms with van der Waals surface area (Å²) in [4.78, 5) is 8.73. The van der Waals surface area contributed by atoms with Gasteiger partial charge in [0.15, 0.2) is 11.2 Å². The van der Waals surface area contributed by atoms with Gasteiger partial charge in [0.2, 0.25) is 11.8 Å². The van der Waals surface area contributed by atoms with Crippen molar-refractivity contribution in [3.8, 4) is 0 Å². The highest BCUT2D eigenvalue weighted by atomic mass is 16.4. The van der Waals surface area contributed by atoms with Crippen molar-refractivity contribution in [2.45, 2.75) is 12.5 Å². The van der Waals surface area contributed by atoms with E-state index in [-0.39, 0.29) is 24.0 Å². The van der Waals surface area contributed by atoms with Crippen LogP contribution in [-0.2, 0) is 0 Å². The third-order valence-corrected chi connectivity index (χ3v) is 4.69. The molecule has 140 valence electrons. The standard InChI is InChI=1S/C20H16N4O4/c21-9-1-3-17-13(5-9)23-19(27-17)11-7-16(26)12(8-15(11)25)20-24-14-6-10(22)2-4-18(14)28-20/h1-7,15,25-26H,8,21-22H2. The van der Waals surface area contributed by atoms with Crippen molar-refractivity contribution in [1.82, 2.24) is 9.97 Å². The Bertz CT molecular complexity index is 1300. The second kappa shape index (κ2) is 5.86. The van der Waals surface area contributed by atoms with E-state index in [1.807, 2.05) is 0 Å². The molecule has 0 amide bonds. The number of anilines is 2. The first-order valence-corrected chi connectivity index (χ1v) is 8.62. The summed E-state index contributed by atoms with van der Waals surface area (Å²) in [6.45, 7) is 0. The lowest BCUT2D eigenvalue weighted by molar-refractivity contribution is 0.230. The van der Waals surface area contributed by atoms with Crippen LogP contribution in [-0.4, -0.2) is 26.3 Å². The number of allylic oxidation sites excluding steroid dienone is 1. The average molecular weight is 376 g/mol. The van der Waals surface area contributed by atoms with E-state index in [0.29, 0.717) is 44.7 Å². The summed E-state index contributed by atoms with van der Waals surface area (Å²) in [6, 6.07) is 10.2. The van der Waals surface area contributed by atoms with Gasteiger partial charge in [-0.1, -0.05) is 0 Å². The Morgan fingerprint density at radius 1 is 0.893 bits per heavy atom. The van der Waals surface area contributed by atoms with Gasteiger partial charge < -0.3 is 30.5 Å². The number of oxazole rings is 2.